The van der Waals surface area contributed by atoms with Crippen molar-refractivity contribution in [3.63, 3.8) is 0 Å². The third-order valence-corrected chi connectivity index (χ3v) is 5.73. The molecule has 1 heterocycles. The highest BCUT2D eigenvalue weighted by Crippen LogP contribution is 2.17. The normalized spacial score (nSPS) is 16.3. The van der Waals surface area contributed by atoms with Crippen LogP contribution in [-0.2, 0) is 19.6 Å². The van der Waals surface area contributed by atoms with Crippen molar-refractivity contribution in [3.8, 4) is 0 Å². The monoisotopic (exact) mass is 403 g/mol. The molecule has 1 saturated heterocycles. The van der Waals surface area contributed by atoms with Gasteiger partial charge in [0.15, 0.2) is 0 Å². The molecule has 0 saturated carbocycles. The summed E-state index contributed by atoms with van der Waals surface area (Å²) in [6, 6.07) is 6.14. The van der Waals surface area contributed by atoms with Gasteiger partial charge in [0.25, 0.3) is 0 Å². The molecule has 3 N–H and O–H groups in total. The summed E-state index contributed by atoms with van der Waals surface area (Å²) in [5.41, 5.74) is 5.24. The number of sulfonamides is 1. The molecule has 0 aliphatic carbocycles. The number of amides is 2. The number of nitrogens with zero attached hydrogens (tertiary/aromatic N) is 1. The minimum atomic E-state index is -3.73. The van der Waals surface area contributed by atoms with E-state index >= 15 is 0 Å². The molecule has 2 rings (SSSR count). The molecule has 9 heteroatoms. The molecule has 0 aromatic heterocycles. The van der Waals surface area contributed by atoms with Gasteiger partial charge in [-0.2, -0.15) is 0 Å². The lowest BCUT2D eigenvalue weighted by molar-refractivity contribution is -0.133. The van der Waals surface area contributed by atoms with Crippen LogP contribution in [0.3, 0.4) is 0 Å². The van der Waals surface area contributed by atoms with Crippen LogP contribution in [0.5, 0.6) is 0 Å². The van der Waals surface area contributed by atoms with Crippen LogP contribution in [0.15, 0.2) is 33.6 Å². The number of hydrogen-bond donors (Lipinski definition) is 2. The summed E-state index contributed by atoms with van der Waals surface area (Å²) in [4.78, 5) is 24.8. The molecule has 126 valence electrons. The largest absolute Gasteiger partial charge is 0.369 e. The van der Waals surface area contributed by atoms with Crippen LogP contribution in [0.25, 0.3) is 0 Å². The first-order valence-electron chi connectivity index (χ1n) is 7.12. The highest BCUT2D eigenvalue weighted by atomic mass is 79.9. The molecule has 7 nitrogen and oxygen atoms in total. The Morgan fingerprint density at radius 3 is 2.30 bits per heavy atom. The van der Waals surface area contributed by atoms with Crippen LogP contribution >= 0.6 is 15.9 Å². The zero-order valence-electron chi connectivity index (χ0n) is 12.4. The van der Waals surface area contributed by atoms with E-state index in [9.17, 15) is 18.0 Å². The number of nitrogens with one attached hydrogen (secondary N) is 1. The fraction of sp³-hybridized carbons (Fsp3) is 0.429. The standard InChI is InChI=1S/C14H18BrN3O4S/c15-11-1-3-12(4-2-11)23(21,22)17-9-13(19)18-7-5-10(6-8-18)14(16)20/h1-4,10,17H,5-9H2,(H2,16,20). The summed E-state index contributed by atoms with van der Waals surface area (Å²) in [5.74, 6) is -0.875. The summed E-state index contributed by atoms with van der Waals surface area (Å²) < 4.78 is 27.3. The van der Waals surface area contributed by atoms with E-state index in [1.54, 1.807) is 17.0 Å². The van der Waals surface area contributed by atoms with Crippen molar-refractivity contribution in [2.75, 3.05) is 19.6 Å². The Morgan fingerprint density at radius 1 is 1.22 bits per heavy atom. The van der Waals surface area contributed by atoms with Crippen LogP contribution < -0.4 is 10.5 Å². The van der Waals surface area contributed by atoms with E-state index in [-0.39, 0.29) is 29.2 Å². The first-order valence-corrected chi connectivity index (χ1v) is 9.39. The molecule has 0 bridgehead atoms. The van der Waals surface area contributed by atoms with Crippen LogP contribution in [0.4, 0.5) is 0 Å². The number of benzene rings is 1. The number of rotatable bonds is 5. The molecule has 0 atom stereocenters. The molecule has 1 aliphatic heterocycles. The number of carbonyl (C=O) groups is 2. The average Bonchev–Trinajstić information content (AvgIpc) is 2.53. The SMILES string of the molecule is NC(=O)C1CCN(C(=O)CNS(=O)(=O)c2ccc(Br)cc2)CC1. The van der Waals surface area contributed by atoms with Gasteiger partial charge < -0.3 is 10.6 Å². The third kappa shape index (κ3) is 4.76. The second kappa shape index (κ2) is 7.41. The van der Waals surface area contributed by atoms with Gasteiger partial charge >= 0.3 is 0 Å². The van der Waals surface area contributed by atoms with E-state index in [1.807, 2.05) is 0 Å². The molecule has 23 heavy (non-hydrogen) atoms. The predicted molar refractivity (Wildman–Crippen MR) is 87.8 cm³/mol. The summed E-state index contributed by atoms with van der Waals surface area (Å²) in [6.45, 7) is 0.512. The third-order valence-electron chi connectivity index (χ3n) is 3.79. The molecule has 1 aromatic carbocycles. The van der Waals surface area contributed by atoms with Gasteiger partial charge in [0, 0.05) is 23.5 Å². The van der Waals surface area contributed by atoms with Gasteiger partial charge in [0.05, 0.1) is 11.4 Å². The number of hydrogen-bond acceptors (Lipinski definition) is 4. The minimum Gasteiger partial charge on any atom is -0.369 e. The van der Waals surface area contributed by atoms with Crippen molar-refractivity contribution in [2.24, 2.45) is 11.7 Å². The zero-order valence-corrected chi connectivity index (χ0v) is 14.8. The van der Waals surface area contributed by atoms with Crippen LogP contribution in [0.1, 0.15) is 12.8 Å². The first-order chi connectivity index (χ1) is 10.8. The topological polar surface area (TPSA) is 110 Å². The first kappa shape index (κ1) is 17.9. The maximum absolute atomic E-state index is 12.1. The fourth-order valence-corrected chi connectivity index (χ4v) is 3.62. The molecular formula is C14H18BrN3O4S. The Labute approximate surface area is 143 Å². The number of carbonyl (C=O) groups excluding carboxylic acids is 2. The van der Waals surface area contributed by atoms with Crippen molar-refractivity contribution < 1.29 is 18.0 Å². The van der Waals surface area contributed by atoms with Gasteiger partial charge in [-0.05, 0) is 37.1 Å². The van der Waals surface area contributed by atoms with Gasteiger partial charge in [-0.25, -0.2) is 13.1 Å². The molecule has 1 aliphatic rings. The number of halogens is 1. The molecule has 0 radical (unpaired) electrons. The number of piperidine rings is 1. The van der Waals surface area contributed by atoms with E-state index in [4.69, 9.17) is 5.73 Å². The van der Waals surface area contributed by atoms with E-state index in [0.717, 1.165) is 4.47 Å². The highest BCUT2D eigenvalue weighted by Gasteiger charge is 2.26. The Bertz CT molecular complexity index is 682. The molecule has 1 aromatic rings. The number of likely N-dealkylation sites (tertiary alicyclic amines) is 1. The molecule has 1 fully saturated rings. The van der Waals surface area contributed by atoms with Gasteiger partial charge in [0.2, 0.25) is 21.8 Å². The summed E-state index contributed by atoms with van der Waals surface area (Å²) in [5, 5.41) is 0. The van der Waals surface area contributed by atoms with E-state index in [1.165, 1.54) is 12.1 Å². The fourth-order valence-electron chi connectivity index (χ4n) is 2.38. The quantitative estimate of drug-likeness (QED) is 0.743. The van der Waals surface area contributed by atoms with Crippen molar-refractivity contribution in [1.29, 1.82) is 0 Å². The van der Waals surface area contributed by atoms with Gasteiger partial charge in [0.1, 0.15) is 0 Å². The lowest BCUT2D eigenvalue weighted by Crippen LogP contribution is -2.45. The highest BCUT2D eigenvalue weighted by molar-refractivity contribution is 9.10. The van der Waals surface area contributed by atoms with E-state index < -0.39 is 10.0 Å². The Morgan fingerprint density at radius 2 is 1.78 bits per heavy atom. The maximum Gasteiger partial charge on any atom is 0.241 e. The second-order valence-corrected chi connectivity index (χ2v) is 8.02. The number of nitrogens with two attached hydrogens (primary N) is 1. The van der Waals surface area contributed by atoms with Crippen molar-refractivity contribution >= 4 is 37.8 Å². The second-order valence-electron chi connectivity index (χ2n) is 5.34. The Hall–Kier alpha value is -1.45. The average molecular weight is 404 g/mol. The van der Waals surface area contributed by atoms with Gasteiger partial charge in [-0.1, -0.05) is 15.9 Å². The van der Waals surface area contributed by atoms with E-state index in [2.05, 4.69) is 20.7 Å². The van der Waals surface area contributed by atoms with Crippen molar-refractivity contribution in [3.05, 3.63) is 28.7 Å². The molecule has 0 unspecified atom stereocenters. The summed E-state index contributed by atoms with van der Waals surface area (Å²) in [7, 11) is -3.73. The Kier molecular flexibility index (Phi) is 5.77. The van der Waals surface area contributed by atoms with Crippen molar-refractivity contribution in [1.82, 2.24) is 9.62 Å². The smallest absolute Gasteiger partial charge is 0.241 e. The minimum absolute atomic E-state index is 0.0981. The number of primary amides is 1. The van der Waals surface area contributed by atoms with Gasteiger partial charge in [-0.15, -0.1) is 0 Å². The predicted octanol–water partition coefficient (Wildman–Crippen LogP) is 0.451. The Balaban J connectivity index is 1.89. The molecule has 0 spiro atoms. The lowest BCUT2D eigenvalue weighted by Gasteiger charge is -2.30. The summed E-state index contributed by atoms with van der Waals surface area (Å²) in [6.07, 6.45) is 1.03. The lowest BCUT2D eigenvalue weighted by atomic mass is 9.96. The molecular weight excluding hydrogens is 386 g/mol. The van der Waals surface area contributed by atoms with Crippen molar-refractivity contribution in [2.45, 2.75) is 17.7 Å². The van der Waals surface area contributed by atoms with Crippen LogP contribution in [0.2, 0.25) is 0 Å². The van der Waals surface area contributed by atoms with Gasteiger partial charge in [-0.3, -0.25) is 9.59 Å². The zero-order chi connectivity index (χ0) is 17.0. The van der Waals surface area contributed by atoms with Crippen LogP contribution in [-0.4, -0.2) is 44.8 Å². The maximum atomic E-state index is 12.1. The molecule has 2 amide bonds. The van der Waals surface area contributed by atoms with Crippen LogP contribution in [0, 0.1) is 5.92 Å². The summed E-state index contributed by atoms with van der Waals surface area (Å²) >= 11 is 3.23. The van der Waals surface area contributed by atoms with E-state index in [0.29, 0.717) is 25.9 Å².